The van der Waals surface area contributed by atoms with Crippen molar-refractivity contribution in [2.45, 2.75) is 64.1 Å². The third-order valence-corrected chi connectivity index (χ3v) is 11.1. The van der Waals surface area contributed by atoms with Gasteiger partial charge in [0, 0.05) is 5.41 Å². The highest BCUT2D eigenvalue weighted by atomic mass is 32.1. The van der Waals surface area contributed by atoms with Gasteiger partial charge in [0.1, 0.15) is 12.1 Å². The first-order chi connectivity index (χ1) is 18.7. The monoisotopic (exact) mass is 551 g/mol. The molecule has 0 radical (unpaired) electrons. The Kier molecular flexibility index (Phi) is 5.56. The molecule has 0 bridgehead atoms. The van der Waals surface area contributed by atoms with Crippen molar-refractivity contribution in [2.24, 2.45) is 28.6 Å². The van der Waals surface area contributed by atoms with Crippen LogP contribution in [0.3, 0.4) is 0 Å². The number of hydrogen-bond acceptors (Lipinski definition) is 6. The van der Waals surface area contributed by atoms with Crippen molar-refractivity contribution in [3.8, 4) is 5.69 Å². The summed E-state index contributed by atoms with van der Waals surface area (Å²) in [4.78, 5) is 13.2. The average molecular weight is 552 g/mol. The second kappa shape index (κ2) is 8.61. The predicted molar refractivity (Wildman–Crippen MR) is 146 cm³/mol. The number of ether oxygens (including phenoxy) is 2. The predicted octanol–water partition coefficient (Wildman–Crippen LogP) is 4.75. The van der Waals surface area contributed by atoms with Crippen molar-refractivity contribution in [3.63, 3.8) is 0 Å². The van der Waals surface area contributed by atoms with Gasteiger partial charge in [0.25, 0.3) is 0 Å². The highest BCUT2D eigenvalue weighted by molar-refractivity contribution is 7.96. The SMILES string of the molecule is C[C@]12Cc3cnn(-c4ccc(F)cc4)c3C=C1CC[C@@H]1[C@@H]2[C@@H](O)C[C@@]2(C)[C@H]1CC[C@]2(OC1=COCN1)C(=O)S. The van der Waals surface area contributed by atoms with Gasteiger partial charge in [-0.25, -0.2) is 9.07 Å². The first kappa shape index (κ1) is 25.2. The third-order valence-electron chi connectivity index (χ3n) is 10.8. The molecule has 7 atom stereocenters. The van der Waals surface area contributed by atoms with E-state index >= 15 is 0 Å². The Morgan fingerprint density at radius 3 is 2.79 bits per heavy atom. The first-order valence-corrected chi connectivity index (χ1v) is 14.3. The minimum Gasteiger partial charge on any atom is -0.475 e. The topological polar surface area (TPSA) is 85.6 Å². The fourth-order valence-corrected chi connectivity index (χ4v) is 9.46. The van der Waals surface area contributed by atoms with E-state index in [2.05, 4.69) is 43.0 Å². The molecule has 3 saturated carbocycles. The number of hydrogen-bond donors (Lipinski definition) is 3. The highest BCUT2D eigenvalue weighted by Crippen LogP contribution is 2.68. The second-order valence-corrected chi connectivity index (χ2v) is 12.9. The molecule has 9 heteroatoms. The Balaban J connectivity index is 1.23. The molecular weight excluding hydrogens is 517 g/mol. The summed E-state index contributed by atoms with van der Waals surface area (Å²) in [5, 5.41) is 19.3. The van der Waals surface area contributed by atoms with Gasteiger partial charge in [0.05, 0.1) is 23.7 Å². The quantitative estimate of drug-likeness (QED) is 0.476. The van der Waals surface area contributed by atoms with Crippen molar-refractivity contribution in [1.29, 1.82) is 0 Å². The fourth-order valence-electron chi connectivity index (χ4n) is 9.04. The van der Waals surface area contributed by atoms with Crippen LogP contribution in [-0.2, 0) is 20.7 Å². The lowest BCUT2D eigenvalue weighted by atomic mass is 9.45. The van der Waals surface area contributed by atoms with Crippen LogP contribution in [0.1, 0.15) is 57.2 Å². The van der Waals surface area contributed by atoms with Gasteiger partial charge in [0.15, 0.2) is 12.3 Å². The Morgan fingerprint density at radius 1 is 1.28 bits per heavy atom. The van der Waals surface area contributed by atoms with Gasteiger partial charge in [-0.15, -0.1) is 12.6 Å². The zero-order valence-electron chi connectivity index (χ0n) is 22.2. The van der Waals surface area contributed by atoms with Gasteiger partial charge in [-0.2, -0.15) is 5.10 Å². The number of halogens is 1. The normalized spacial score (nSPS) is 38.3. The number of fused-ring (bicyclic) bond motifs is 6. The average Bonchev–Trinajstić information content (AvgIpc) is 3.61. The van der Waals surface area contributed by atoms with E-state index in [1.165, 1.54) is 24.0 Å². The van der Waals surface area contributed by atoms with Crippen LogP contribution in [0, 0.1) is 34.4 Å². The molecular formula is C30H34FN3O4S. The Labute approximate surface area is 232 Å². The Morgan fingerprint density at radius 2 is 2.08 bits per heavy atom. The molecule has 7 rings (SSSR count). The molecule has 0 spiro atoms. The van der Waals surface area contributed by atoms with Gasteiger partial charge in [-0.05, 0) is 97.6 Å². The summed E-state index contributed by atoms with van der Waals surface area (Å²) < 4.78 is 27.1. The van der Waals surface area contributed by atoms with E-state index < -0.39 is 17.1 Å². The Hall–Kier alpha value is -2.78. The highest BCUT2D eigenvalue weighted by Gasteiger charge is 2.70. The Bertz CT molecular complexity index is 1410. The van der Waals surface area contributed by atoms with Crippen LogP contribution in [0.15, 0.2) is 48.2 Å². The van der Waals surface area contributed by atoms with Crippen LogP contribution in [0.25, 0.3) is 11.8 Å². The second-order valence-electron chi connectivity index (χ2n) is 12.5. The van der Waals surface area contributed by atoms with E-state index in [-0.39, 0.29) is 34.1 Å². The minimum absolute atomic E-state index is 0.0656. The molecule has 206 valence electrons. The number of aliphatic hydroxyl groups is 1. The lowest BCUT2D eigenvalue weighted by molar-refractivity contribution is -0.179. The molecule has 39 heavy (non-hydrogen) atoms. The molecule has 5 aliphatic rings. The molecule has 0 unspecified atom stereocenters. The van der Waals surface area contributed by atoms with Crippen LogP contribution in [0.5, 0.6) is 0 Å². The van der Waals surface area contributed by atoms with E-state index in [0.29, 0.717) is 25.5 Å². The van der Waals surface area contributed by atoms with Crippen molar-refractivity contribution in [3.05, 3.63) is 65.3 Å². The number of aliphatic hydroxyl groups excluding tert-OH is 1. The molecule has 2 aromatic rings. The minimum atomic E-state index is -1.12. The molecule has 0 saturated heterocycles. The molecule has 4 aliphatic carbocycles. The van der Waals surface area contributed by atoms with Crippen molar-refractivity contribution in [1.82, 2.24) is 15.1 Å². The summed E-state index contributed by atoms with van der Waals surface area (Å²) in [7, 11) is 0. The molecule has 3 fully saturated rings. The smallest absolute Gasteiger partial charge is 0.230 e. The summed E-state index contributed by atoms with van der Waals surface area (Å²) in [5.41, 5.74) is 2.46. The molecule has 2 N–H and O–H groups in total. The van der Waals surface area contributed by atoms with Gasteiger partial charge in [-0.1, -0.05) is 19.4 Å². The van der Waals surface area contributed by atoms with E-state index in [1.54, 1.807) is 12.1 Å². The van der Waals surface area contributed by atoms with E-state index in [9.17, 15) is 14.3 Å². The van der Waals surface area contributed by atoms with Crippen molar-refractivity contribution >= 4 is 23.8 Å². The number of allylic oxidation sites excluding steroid dienone is 1. The molecule has 2 heterocycles. The van der Waals surface area contributed by atoms with Crippen LogP contribution in [0.2, 0.25) is 0 Å². The maximum atomic E-state index is 13.5. The maximum absolute atomic E-state index is 13.5. The molecule has 1 aromatic carbocycles. The number of nitrogens with zero attached hydrogens (tertiary/aromatic N) is 2. The van der Waals surface area contributed by atoms with E-state index in [0.717, 1.165) is 42.6 Å². The fraction of sp³-hybridized carbons (Fsp3) is 0.533. The molecule has 1 aromatic heterocycles. The summed E-state index contributed by atoms with van der Waals surface area (Å²) in [6.45, 7) is 4.73. The van der Waals surface area contributed by atoms with Crippen molar-refractivity contribution in [2.75, 3.05) is 6.73 Å². The number of aromatic nitrogens is 2. The third kappa shape index (κ3) is 3.44. The van der Waals surface area contributed by atoms with E-state index in [1.807, 2.05) is 10.9 Å². The number of carbonyl (C=O) groups excluding carboxylic acids is 1. The number of benzene rings is 1. The maximum Gasteiger partial charge on any atom is 0.230 e. The van der Waals surface area contributed by atoms with Gasteiger partial charge < -0.3 is 19.9 Å². The van der Waals surface area contributed by atoms with Gasteiger partial charge >= 0.3 is 0 Å². The van der Waals surface area contributed by atoms with Gasteiger partial charge in [0.2, 0.25) is 11.0 Å². The standard InChI is InChI=1S/C30H34FN3O4S/c1-28-12-17-14-33-34(20-6-4-19(31)5-7-20)23(17)11-18(28)3-8-21-22-9-10-30(27(36)39,38-25-15-37-16-32-25)29(22,2)13-24(35)26(21)28/h4-7,11,14-15,21-22,24,26,32,35H,3,8-10,12-13,16H2,1-2H3,(H,36,39)/t21-,22-,24-,26+,28-,29-,30-/m0/s1. The number of thiol groups is 1. The van der Waals surface area contributed by atoms with Crippen LogP contribution >= 0.6 is 12.6 Å². The summed E-state index contributed by atoms with van der Waals surface area (Å²) in [6, 6.07) is 6.41. The van der Waals surface area contributed by atoms with Crippen LogP contribution in [-0.4, -0.2) is 38.4 Å². The van der Waals surface area contributed by atoms with Crippen LogP contribution in [0.4, 0.5) is 4.39 Å². The lowest BCUT2D eigenvalue weighted by Crippen LogP contribution is -2.62. The number of rotatable bonds is 4. The number of nitrogens with one attached hydrogen (secondary N) is 1. The molecule has 0 amide bonds. The van der Waals surface area contributed by atoms with Crippen LogP contribution < -0.4 is 5.32 Å². The summed E-state index contributed by atoms with van der Waals surface area (Å²) >= 11 is 4.35. The zero-order chi connectivity index (χ0) is 27.2. The van der Waals surface area contributed by atoms with Crippen molar-refractivity contribution < 1.29 is 23.8 Å². The molecule has 7 nitrogen and oxygen atoms in total. The summed E-state index contributed by atoms with van der Waals surface area (Å²) in [6.07, 6.45) is 9.66. The summed E-state index contributed by atoms with van der Waals surface area (Å²) in [5.74, 6) is 0.736. The van der Waals surface area contributed by atoms with E-state index in [4.69, 9.17) is 9.47 Å². The molecule has 1 aliphatic heterocycles. The lowest BCUT2D eigenvalue weighted by Gasteiger charge is -2.60. The zero-order valence-corrected chi connectivity index (χ0v) is 23.1. The first-order valence-electron chi connectivity index (χ1n) is 13.9. The largest absolute Gasteiger partial charge is 0.475 e. The van der Waals surface area contributed by atoms with Gasteiger partial charge in [-0.3, -0.25) is 4.79 Å². The number of carbonyl (C=O) groups is 1.